The fourth-order valence-electron chi connectivity index (χ4n) is 1.80. The molecule has 0 bridgehead atoms. The lowest BCUT2D eigenvalue weighted by molar-refractivity contribution is 0.0600. The van der Waals surface area contributed by atoms with Crippen molar-refractivity contribution in [3.05, 3.63) is 65.0 Å². The largest absolute Gasteiger partial charge is 0.465 e. The molecule has 0 aliphatic carbocycles. The molecule has 0 saturated carbocycles. The van der Waals surface area contributed by atoms with Gasteiger partial charge >= 0.3 is 5.97 Å². The molecule has 0 fully saturated rings. The van der Waals surface area contributed by atoms with Gasteiger partial charge in [-0.1, -0.05) is 12.1 Å². The number of esters is 1. The minimum absolute atomic E-state index is 0.389. The number of nitriles is 1. The van der Waals surface area contributed by atoms with Crippen molar-refractivity contribution in [3.63, 3.8) is 0 Å². The quantitative estimate of drug-likeness (QED) is 0.849. The molecule has 0 atom stereocenters. The van der Waals surface area contributed by atoms with Gasteiger partial charge in [0.1, 0.15) is 0 Å². The molecule has 0 amide bonds. The average molecular weight is 281 g/mol. The SMILES string of the molecule is COC(=O)c1ccc(CNCc2ccc(C#N)cc2)nc1. The van der Waals surface area contributed by atoms with Crippen molar-refractivity contribution >= 4 is 5.97 Å². The van der Waals surface area contributed by atoms with Crippen LogP contribution in [0.25, 0.3) is 0 Å². The van der Waals surface area contributed by atoms with Gasteiger partial charge in [0.05, 0.1) is 30.0 Å². The van der Waals surface area contributed by atoms with E-state index in [1.807, 2.05) is 12.1 Å². The van der Waals surface area contributed by atoms with Crippen molar-refractivity contribution in [2.24, 2.45) is 0 Å². The van der Waals surface area contributed by atoms with Crippen LogP contribution < -0.4 is 5.32 Å². The van der Waals surface area contributed by atoms with Crippen LogP contribution in [0, 0.1) is 11.3 Å². The van der Waals surface area contributed by atoms with Crippen LogP contribution in [0.5, 0.6) is 0 Å². The van der Waals surface area contributed by atoms with Crippen LogP contribution in [0.1, 0.15) is 27.2 Å². The van der Waals surface area contributed by atoms with E-state index in [-0.39, 0.29) is 5.97 Å². The molecular formula is C16H15N3O2. The monoisotopic (exact) mass is 281 g/mol. The van der Waals surface area contributed by atoms with Crippen LogP contribution in [0.15, 0.2) is 42.6 Å². The molecule has 1 aromatic carbocycles. The normalized spacial score (nSPS) is 9.90. The fourth-order valence-corrected chi connectivity index (χ4v) is 1.80. The highest BCUT2D eigenvalue weighted by Crippen LogP contribution is 2.04. The van der Waals surface area contributed by atoms with Crippen molar-refractivity contribution < 1.29 is 9.53 Å². The number of carbonyl (C=O) groups excluding carboxylic acids is 1. The highest BCUT2D eigenvalue weighted by molar-refractivity contribution is 5.88. The van der Waals surface area contributed by atoms with Crippen LogP contribution >= 0.6 is 0 Å². The van der Waals surface area contributed by atoms with Crippen molar-refractivity contribution in [1.29, 1.82) is 5.26 Å². The molecule has 0 saturated heterocycles. The van der Waals surface area contributed by atoms with Crippen molar-refractivity contribution in [1.82, 2.24) is 10.3 Å². The molecule has 106 valence electrons. The summed E-state index contributed by atoms with van der Waals surface area (Å²) in [6.45, 7) is 1.29. The number of pyridine rings is 1. The molecule has 1 N–H and O–H groups in total. The third-order valence-electron chi connectivity index (χ3n) is 2.96. The molecule has 1 heterocycles. The molecule has 5 heteroatoms. The molecule has 0 unspecified atom stereocenters. The summed E-state index contributed by atoms with van der Waals surface area (Å²) >= 11 is 0. The number of benzene rings is 1. The van der Waals surface area contributed by atoms with Gasteiger partial charge in [0.2, 0.25) is 0 Å². The second kappa shape index (κ2) is 7.17. The second-order valence-electron chi connectivity index (χ2n) is 4.44. The van der Waals surface area contributed by atoms with E-state index in [0.717, 1.165) is 11.3 Å². The molecule has 0 spiro atoms. The molecule has 0 radical (unpaired) electrons. The first kappa shape index (κ1) is 14.7. The molecule has 2 rings (SSSR count). The number of nitrogens with one attached hydrogen (secondary N) is 1. The Morgan fingerprint density at radius 1 is 1.24 bits per heavy atom. The molecule has 21 heavy (non-hydrogen) atoms. The standard InChI is InChI=1S/C16H15N3O2/c1-21-16(20)14-6-7-15(19-10-14)11-18-9-13-4-2-12(8-17)3-5-13/h2-7,10,18H,9,11H2,1H3. The van der Waals surface area contributed by atoms with Crippen LogP contribution in [-0.4, -0.2) is 18.1 Å². The predicted molar refractivity (Wildman–Crippen MR) is 77.3 cm³/mol. The number of hydrogen-bond acceptors (Lipinski definition) is 5. The van der Waals surface area contributed by atoms with Crippen molar-refractivity contribution in [2.45, 2.75) is 13.1 Å². The van der Waals surface area contributed by atoms with Gasteiger partial charge in [-0.05, 0) is 29.8 Å². The molecule has 2 aromatic rings. The topological polar surface area (TPSA) is 75.0 Å². The lowest BCUT2D eigenvalue weighted by Gasteiger charge is -2.05. The van der Waals surface area contributed by atoms with Gasteiger partial charge in [0.15, 0.2) is 0 Å². The van der Waals surface area contributed by atoms with E-state index >= 15 is 0 Å². The number of nitrogens with zero attached hydrogens (tertiary/aromatic N) is 2. The summed E-state index contributed by atoms with van der Waals surface area (Å²) in [4.78, 5) is 15.5. The number of aromatic nitrogens is 1. The maximum Gasteiger partial charge on any atom is 0.339 e. The molecular weight excluding hydrogens is 266 g/mol. The maximum atomic E-state index is 11.3. The number of rotatable bonds is 5. The third kappa shape index (κ3) is 4.13. The van der Waals surface area contributed by atoms with E-state index in [9.17, 15) is 4.79 Å². The molecule has 5 nitrogen and oxygen atoms in total. The van der Waals surface area contributed by atoms with E-state index in [0.29, 0.717) is 24.2 Å². The van der Waals surface area contributed by atoms with Crippen LogP contribution in [0.2, 0.25) is 0 Å². The van der Waals surface area contributed by atoms with E-state index in [1.54, 1.807) is 24.3 Å². The molecule has 0 aliphatic rings. The smallest absolute Gasteiger partial charge is 0.339 e. The Kier molecular flexibility index (Phi) is 5.02. The van der Waals surface area contributed by atoms with Crippen molar-refractivity contribution in [3.8, 4) is 6.07 Å². The summed E-state index contributed by atoms with van der Waals surface area (Å²) in [5.74, 6) is -0.389. The summed E-state index contributed by atoms with van der Waals surface area (Å²) in [6, 6.07) is 13.0. The van der Waals surface area contributed by atoms with Crippen molar-refractivity contribution in [2.75, 3.05) is 7.11 Å². The number of hydrogen-bond donors (Lipinski definition) is 1. The minimum atomic E-state index is -0.389. The van der Waals surface area contributed by atoms with Crippen LogP contribution in [-0.2, 0) is 17.8 Å². The first-order valence-corrected chi connectivity index (χ1v) is 6.46. The highest BCUT2D eigenvalue weighted by atomic mass is 16.5. The van der Waals surface area contributed by atoms with E-state index in [2.05, 4.69) is 21.1 Å². The Morgan fingerprint density at radius 3 is 2.57 bits per heavy atom. The summed E-state index contributed by atoms with van der Waals surface area (Å²) in [7, 11) is 1.34. The van der Waals surface area contributed by atoms with Gasteiger partial charge < -0.3 is 10.1 Å². The average Bonchev–Trinajstić information content (AvgIpc) is 2.55. The van der Waals surface area contributed by atoms with Gasteiger partial charge in [-0.25, -0.2) is 4.79 Å². The Balaban J connectivity index is 1.85. The fraction of sp³-hybridized carbons (Fsp3) is 0.188. The lowest BCUT2D eigenvalue weighted by Crippen LogP contribution is -2.14. The zero-order valence-corrected chi connectivity index (χ0v) is 11.7. The zero-order valence-electron chi connectivity index (χ0n) is 11.7. The van der Waals surface area contributed by atoms with Gasteiger partial charge in [-0.15, -0.1) is 0 Å². The van der Waals surface area contributed by atoms with Crippen LogP contribution in [0.3, 0.4) is 0 Å². The van der Waals surface area contributed by atoms with E-state index in [1.165, 1.54) is 13.3 Å². The Bertz CT molecular complexity index is 643. The van der Waals surface area contributed by atoms with Gasteiger partial charge in [-0.3, -0.25) is 4.98 Å². The number of carbonyl (C=O) groups is 1. The van der Waals surface area contributed by atoms with Gasteiger partial charge in [0, 0.05) is 19.3 Å². The Hall–Kier alpha value is -2.71. The zero-order chi connectivity index (χ0) is 15.1. The Labute approximate surface area is 123 Å². The summed E-state index contributed by atoms with van der Waals surface area (Å²) in [5.41, 5.74) is 3.03. The Morgan fingerprint density at radius 2 is 2.00 bits per heavy atom. The summed E-state index contributed by atoms with van der Waals surface area (Å²) in [5, 5.41) is 12.0. The number of ether oxygens (including phenoxy) is 1. The first-order chi connectivity index (χ1) is 10.2. The predicted octanol–water partition coefficient (Wildman–Crippen LogP) is 2.03. The first-order valence-electron chi connectivity index (χ1n) is 6.46. The maximum absolute atomic E-state index is 11.3. The lowest BCUT2D eigenvalue weighted by atomic mass is 10.1. The molecule has 1 aromatic heterocycles. The second-order valence-corrected chi connectivity index (χ2v) is 4.44. The highest BCUT2D eigenvalue weighted by Gasteiger charge is 2.05. The number of methoxy groups -OCH3 is 1. The van der Waals surface area contributed by atoms with E-state index < -0.39 is 0 Å². The van der Waals surface area contributed by atoms with Crippen LogP contribution in [0.4, 0.5) is 0 Å². The summed E-state index contributed by atoms with van der Waals surface area (Å²) < 4.78 is 4.62. The third-order valence-corrected chi connectivity index (χ3v) is 2.96. The van der Waals surface area contributed by atoms with Gasteiger partial charge in [0.25, 0.3) is 0 Å². The van der Waals surface area contributed by atoms with E-state index in [4.69, 9.17) is 5.26 Å². The molecule has 0 aliphatic heterocycles. The minimum Gasteiger partial charge on any atom is -0.465 e. The summed E-state index contributed by atoms with van der Waals surface area (Å²) in [6.07, 6.45) is 1.50. The van der Waals surface area contributed by atoms with Gasteiger partial charge in [-0.2, -0.15) is 5.26 Å².